The van der Waals surface area contributed by atoms with E-state index in [1.54, 1.807) is 0 Å². The topological polar surface area (TPSA) is 147 Å². The summed E-state index contributed by atoms with van der Waals surface area (Å²) in [5.74, 6) is -2.60. The van der Waals surface area contributed by atoms with E-state index in [-0.39, 0.29) is 30.2 Å². The number of rotatable bonds is 5. The van der Waals surface area contributed by atoms with Crippen LogP contribution in [-0.4, -0.2) is 38.4 Å². The highest BCUT2D eigenvalue weighted by Crippen LogP contribution is 2.28. The van der Waals surface area contributed by atoms with E-state index >= 15 is 0 Å². The summed E-state index contributed by atoms with van der Waals surface area (Å²) in [6.07, 6.45) is 3.25. The van der Waals surface area contributed by atoms with Crippen molar-refractivity contribution in [1.82, 2.24) is 5.32 Å². The Balaban J connectivity index is 0. The molecule has 25 heavy (non-hydrogen) atoms. The van der Waals surface area contributed by atoms with Gasteiger partial charge in [-0.1, -0.05) is 29.8 Å². The van der Waals surface area contributed by atoms with Crippen LogP contribution in [0, 0.1) is 11.8 Å². The molecule has 0 aromatic carbocycles. The molecule has 0 saturated heterocycles. The Bertz CT molecular complexity index is 455. The standard InChI is InChI=1S/C8H12O4.C7H13BrN2O2.ClH/c9-7(10)5-1-2-6(4-3-5)8(11)12;1-3-7(8,4-2)5(11)10-6(9)12;/h5-6H,1-4H2,(H,9,10)(H,11,12);3-4H2,1-2H3,(H3,9,10,11,12);1H/t5-,6+;;. The number of carbonyl (C=O) groups excluding carboxylic acids is 2. The number of carboxylic acid groups (broad SMARTS) is 2. The second-order valence-corrected chi connectivity index (χ2v) is 7.23. The molecule has 0 bridgehead atoms. The Kier molecular flexibility index (Phi) is 12.5. The van der Waals surface area contributed by atoms with Crippen LogP contribution in [0.5, 0.6) is 0 Å². The van der Waals surface area contributed by atoms with Crippen LogP contribution in [0.15, 0.2) is 0 Å². The number of aliphatic carboxylic acids is 2. The highest BCUT2D eigenvalue weighted by atomic mass is 79.9. The predicted octanol–water partition coefficient (Wildman–Crippen LogP) is 2.52. The first kappa shape index (κ1) is 25.9. The van der Waals surface area contributed by atoms with Gasteiger partial charge in [-0.2, -0.15) is 0 Å². The molecular weight excluding hydrogens is 420 g/mol. The maximum atomic E-state index is 11.3. The van der Waals surface area contributed by atoms with Gasteiger partial charge >= 0.3 is 18.0 Å². The molecule has 0 unspecified atom stereocenters. The first-order valence-corrected chi connectivity index (χ1v) is 8.62. The summed E-state index contributed by atoms with van der Waals surface area (Å²) in [7, 11) is 0. The quantitative estimate of drug-likeness (QED) is 0.478. The van der Waals surface area contributed by atoms with Crippen molar-refractivity contribution in [1.29, 1.82) is 0 Å². The number of halogens is 2. The third-order valence-corrected chi connectivity index (χ3v) is 5.67. The molecule has 10 heteroatoms. The van der Waals surface area contributed by atoms with Crippen molar-refractivity contribution in [3.8, 4) is 0 Å². The lowest BCUT2D eigenvalue weighted by Crippen LogP contribution is -2.46. The summed E-state index contributed by atoms with van der Waals surface area (Å²) in [5, 5.41) is 19.3. The Hall–Kier alpha value is -1.35. The number of hydrogen-bond donors (Lipinski definition) is 4. The van der Waals surface area contributed by atoms with Gasteiger partial charge in [0.1, 0.15) is 4.32 Å². The molecule has 0 atom stereocenters. The van der Waals surface area contributed by atoms with E-state index in [1.165, 1.54) is 0 Å². The number of nitrogens with two attached hydrogens (primary N) is 1. The summed E-state index contributed by atoms with van der Waals surface area (Å²) in [5.41, 5.74) is 4.81. The van der Waals surface area contributed by atoms with Gasteiger partial charge in [0.15, 0.2) is 0 Å². The number of carbonyl (C=O) groups is 4. The molecule has 1 rings (SSSR count). The Morgan fingerprint density at radius 2 is 1.32 bits per heavy atom. The zero-order chi connectivity index (χ0) is 18.9. The molecule has 0 heterocycles. The van der Waals surface area contributed by atoms with Crippen molar-refractivity contribution >= 4 is 52.2 Å². The molecule has 0 aromatic rings. The lowest BCUT2D eigenvalue weighted by molar-refractivity contribution is -0.148. The normalized spacial score (nSPS) is 19.5. The number of imide groups is 1. The van der Waals surface area contributed by atoms with Crippen molar-refractivity contribution in [2.24, 2.45) is 17.6 Å². The SMILES string of the molecule is CCC(Br)(CC)C(=O)NC(N)=O.Cl.O=C(O)[C@H]1CC[C@@H](C(=O)O)CC1. The maximum Gasteiger partial charge on any atom is 0.318 e. The lowest BCUT2D eigenvalue weighted by atomic mass is 9.82. The fraction of sp³-hybridized carbons (Fsp3) is 0.733. The van der Waals surface area contributed by atoms with Crippen molar-refractivity contribution in [2.75, 3.05) is 0 Å². The van der Waals surface area contributed by atoms with E-state index in [2.05, 4.69) is 15.9 Å². The van der Waals surface area contributed by atoms with Crippen LogP contribution in [0.1, 0.15) is 52.4 Å². The molecule has 5 N–H and O–H groups in total. The molecule has 146 valence electrons. The number of primary amides is 1. The van der Waals surface area contributed by atoms with Gasteiger partial charge in [-0.3, -0.25) is 19.7 Å². The third-order valence-electron chi connectivity index (χ3n) is 4.19. The second-order valence-electron chi connectivity index (χ2n) is 5.72. The minimum Gasteiger partial charge on any atom is -0.481 e. The number of amides is 3. The van der Waals surface area contributed by atoms with Crippen LogP contribution in [-0.2, 0) is 14.4 Å². The molecule has 1 aliphatic carbocycles. The minimum absolute atomic E-state index is 0. The van der Waals surface area contributed by atoms with Gasteiger partial charge in [0.05, 0.1) is 11.8 Å². The van der Waals surface area contributed by atoms with Crippen molar-refractivity contribution in [3.63, 3.8) is 0 Å². The number of urea groups is 1. The summed E-state index contributed by atoms with van der Waals surface area (Å²) in [4.78, 5) is 42.6. The van der Waals surface area contributed by atoms with Crippen molar-refractivity contribution in [2.45, 2.75) is 56.7 Å². The highest BCUT2D eigenvalue weighted by molar-refractivity contribution is 9.10. The minimum atomic E-state index is -0.814. The van der Waals surface area contributed by atoms with Gasteiger partial charge < -0.3 is 15.9 Å². The predicted molar refractivity (Wildman–Crippen MR) is 97.9 cm³/mol. The highest BCUT2D eigenvalue weighted by Gasteiger charge is 2.32. The molecule has 0 aliphatic heterocycles. The Morgan fingerprint density at radius 3 is 1.52 bits per heavy atom. The summed E-state index contributed by atoms with van der Waals surface area (Å²) < 4.78 is -0.665. The largest absolute Gasteiger partial charge is 0.481 e. The molecular formula is C15H26BrClN2O6. The average molecular weight is 446 g/mol. The van der Waals surface area contributed by atoms with Gasteiger partial charge in [-0.05, 0) is 38.5 Å². The van der Waals surface area contributed by atoms with Crippen LogP contribution in [0.4, 0.5) is 4.79 Å². The lowest BCUT2D eigenvalue weighted by Gasteiger charge is -2.22. The van der Waals surface area contributed by atoms with Crippen molar-refractivity contribution < 1.29 is 29.4 Å². The zero-order valence-corrected chi connectivity index (χ0v) is 16.7. The van der Waals surface area contributed by atoms with E-state index in [4.69, 9.17) is 15.9 Å². The van der Waals surface area contributed by atoms with Crippen LogP contribution in [0.2, 0.25) is 0 Å². The summed E-state index contributed by atoms with van der Waals surface area (Å²) in [6, 6.07) is -0.814. The van der Waals surface area contributed by atoms with E-state index in [1.807, 2.05) is 19.2 Å². The van der Waals surface area contributed by atoms with Gasteiger partial charge in [0.2, 0.25) is 5.91 Å². The van der Waals surface area contributed by atoms with E-state index in [0.29, 0.717) is 38.5 Å². The average Bonchev–Trinajstić information content (AvgIpc) is 2.54. The van der Waals surface area contributed by atoms with Gasteiger partial charge in [-0.15, -0.1) is 12.4 Å². The van der Waals surface area contributed by atoms with Gasteiger partial charge in [-0.25, -0.2) is 4.79 Å². The Labute approximate surface area is 161 Å². The molecule has 1 saturated carbocycles. The summed E-state index contributed by atoms with van der Waals surface area (Å²) >= 11 is 3.26. The Morgan fingerprint density at radius 1 is 1.00 bits per heavy atom. The van der Waals surface area contributed by atoms with Gasteiger partial charge in [0.25, 0.3) is 0 Å². The number of carboxylic acids is 2. The van der Waals surface area contributed by atoms with E-state index in [0.717, 1.165) is 0 Å². The second kappa shape index (κ2) is 12.1. The number of hydrogen-bond acceptors (Lipinski definition) is 4. The molecule has 3 amide bonds. The van der Waals surface area contributed by atoms with Crippen LogP contribution in [0.25, 0.3) is 0 Å². The van der Waals surface area contributed by atoms with Crippen LogP contribution in [0.3, 0.4) is 0 Å². The molecule has 0 aromatic heterocycles. The number of alkyl halides is 1. The maximum absolute atomic E-state index is 11.3. The van der Waals surface area contributed by atoms with Crippen LogP contribution >= 0.6 is 28.3 Å². The fourth-order valence-corrected chi connectivity index (χ4v) is 2.48. The summed E-state index contributed by atoms with van der Waals surface area (Å²) in [6.45, 7) is 3.72. The van der Waals surface area contributed by atoms with Crippen LogP contribution < -0.4 is 11.1 Å². The molecule has 0 spiro atoms. The fourth-order valence-electron chi connectivity index (χ4n) is 2.38. The third kappa shape index (κ3) is 9.06. The van der Waals surface area contributed by atoms with Crippen molar-refractivity contribution in [3.05, 3.63) is 0 Å². The molecule has 0 radical (unpaired) electrons. The first-order valence-electron chi connectivity index (χ1n) is 7.82. The number of nitrogens with one attached hydrogen (secondary N) is 1. The molecule has 8 nitrogen and oxygen atoms in total. The monoisotopic (exact) mass is 444 g/mol. The smallest absolute Gasteiger partial charge is 0.318 e. The van der Waals surface area contributed by atoms with E-state index < -0.39 is 22.3 Å². The zero-order valence-electron chi connectivity index (χ0n) is 14.3. The van der Waals surface area contributed by atoms with Gasteiger partial charge in [0, 0.05) is 0 Å². The first-order chi connectivity index (χ1) is 11.1. The molecule has 1 aliphatic rings. The van der Waals surface area contributed by atoms with E-state index in [9.17, 15) is 19.2 Å². The molecule has 1 fully saturated rings.